The molecule has 0 spiro atoms. The highest BCUT2D eigenvalue weighted by Gasteiger charge is 2.31. The summed E-state index contributed by atoms with van der Waals surface area (Å²) in [5.41, 5.74) is 21.3. The fourth-order valence-electron chi connectivity index (χ4n) is 2.69. The van der Waals surface area contributed by atoms with E-state index in [1.165, 1.54) is 0 Å². The molecular weight excluding hydrogens is 452 g/mol. The second-order valence-corrected chi connectivity index (χ2v) is 7.73. The van der Waals surface area contributed by atoms with Crippen molar-refractivity contribution in [2.75, 3.05) is 13.2 Å². The van der Waals surface area contributed by atoms with Crippen LogP contribution in [0.15, 0.2) is 4.99 Å². The van der Waals surface area contributed by atoms with Crippen LogP contribution in [-0.2, 0) is 24.0 Å². The summed E-state index contributed by atoms with van der Waals surface area (Å²) in [7, 11) is 0. The number of rotatable bonds is 16. The minimum Gasteiger partial charge on any atom is -0.480 e. The number of carboxylic acid groups (broad SMARTS) is 1. The van der Waals surface area contributed by atoms with Crippen LogP contribution in [-0.4, -0.2) is 83.1 Å². The number of aliphatic carboxylic acids is 1. The summed E-state index contributed by atoms with van der Waals surface area (Å²) in [5, 5.41) is 25.6. The van der Waals surface area contributed by atoms with Gasteiger partial charge in [-0.15, -0.1) is 0 Å². The standard InChI is InChI=1S/C19H36N8O7/c1-3-9(2)14(21)17(32)27-12(8-28)16(31)26-11(7-13(20)29)15(30)25-10(18(33)34)5-4-6-24-19(22)23/h9-12,14,28H,3-8,21H2,1-2H3,(H2,20,29)(H,25,30)(H,26,31)(H,27,32)(H,33,34)(H4,22,23,24). The monoisotopic (exact) mass is 488 g/mol. The molecule has 0 aliphatic rings. The van der Waals surface area contributed by atoms with Crippen LogP contribution in [0.4, 0.5) is 0 Å². The van der Waals surface area contributed by atoms with E-state index in [0.717, 1.165) is 0 Å². The Morgan fingerprint density at radius 3 is 1.91 bits per heavy atom. The highest BCUT2D eigenvalue weighted by molar-refractivity contribution is 5.96. The molecule has 0 aromatic carbocycles. The lowest BCUT2D eigenvalue weighted by atomic mass is 9.99. The van der Waals surface area contributed by atoms with Gasteiger partial charge in [0.1, 0.15) is 18.1 Å². The molecule has 15 heteroatoms. The zero-order valence-corrected chi connectivity index (χ0v) is 19.3. The molecule has 4 amide bonds. The fourth-order valence-corrected chi connectivity index (χ4v) is 2.69. The molecule has 0 aromatic rings. The summed E-state index contributed by atoms with van der Waals surface area (Å²) in [5.74, 6) is -5.36. The van der Waals surface area contributed by atoms with Crippen molar-refractivity contribution < 1.29 is 34.2 Å². The SMILES string of the molecule is CCC(C)C(N)C(=O)NC(CO)C(=O)NC(CC(N)=O)C(=O)NC(CCCN=C(N)N)C(=O)O. The van der Waals surface area contributed by atoms with Crippen LogP contribution in [0.5, 0.6) is 0 Å². The zero-order valence-electron chi connectivity index (χ0n) is 19.3. The van der Waals surface area contributed by atoms with Crippen LogP contribution in [0.1, 0.15) is 39.5 Å². The van der Waals surface area contributed by atoms with E-state index in [1.807, 2.05) is 6.92 Å². The Morgan fingerprint density at radius 1 is 0.912 bits per heavy atom. The first-order valence-corrected chi connectivity index (χ1v) is 10.7. The summed E-state index contributed by atoms with van der Waals surface area (Å²) in [4.78, 5) is 64.0. The first kappa shape index (κ1) is 30.5. The molecule has 0 heterocycles. The van der Waals surface area contributed by atoms with Crippen LogP contribution in [0, 0.1) is 5.92 Å². The van der Waals surface area contributed by atoms with E-state index in [4.69, 9.17) is 22.9 Å². The number of guanidine groups is 1. The molecule has 194 valence electrons. The van der Waals surface area contributed by atoms with Crippen molar-refractivity contribution in [2.45, 2.75) is 63.7 Å². The number of nitrogens with two attached hydrogens (primary N) is 4. The van der Waals surface area contributed by atoms with Gasteiger partial charge in [0, 0.05) is 6.54 Å². The zero-order chi connectivity index (χ0) is 26.4. The van der Waals surface area contributed by atoms with Gasteiger partial charge in [-0.2, -0.15) is 0 Å². The van der Waals surface area contributed by atoms with Crippen molar-refractivity contribution in [1.82, 2.24) is 16.0 Å². The molecule has 5 unspecified atom stereocenters. The third kappa shape index (κ3) is 11.4. The van der Waals surface area contributed by atoms with Crippen LogP contribution in [0.25, 0.3) is 0 Å². The highest BCUT2D eigenvalue weighted by Crippen LogP contribution is 2.06. The minimum absolute atomic E-state index is 0.0437. The minimum atomic E-state index is -1.56. The summed E-state index contributed by atoms with van der Waals surface area (Å²) >= 11 is 0. The molecule has 34 heavy (non-hydrogen) atoms. The van der Waals surface area contributed by atoms with E-state index in [-0.39, 0.29) is 31.3 Å². The van der Waals surface area contributed by atoms with Crippen molar-refractivity contribution >= 4 is 35.6 Å². The maximum atomic E-state index is 12.6. The van der Waals surface area contributed by atoms with E-state index < -0.39 is 66.8 Å². The van der Waals surface area contributed by atoms with Gasteiger partial charge in [-0.3, -0.25) is 24.2 Å². The van der Waals surface area contributed by atoms with Gasteiger partial charge in [0.25, 0.3) is 0 Å². The number of nitrogens with one attached hydrogen (secondary N) is 3. The number of carbonyl (C=O) groups excluding carboxylic acids is 4. The lowest BCUT2D eigenvalue weighted by Gasteiger charge is -2.24. The second-order valence-electron chi connectivity index (χ2n) is 7.73. The normalized spacial score (nSPS) is 15.1. The largest absolute Gasteiger partial charge is 0.480 e. The molecule has 0 saturated carbocycles. The molecule has 0 aliphatic heterocycles. The van der Waals surface area contributed by atoms with Gasteiger partial charge in [-0.25, -0.2) is 4.79 Å². The number of aliphatic imine (C=N–C) groups is 1. The summed E-state index contributed by atoms with van der Waals surface area (Å²) in [6, 6.07) is -5.33. The van der Waals surface area contributed by atoms with Gasteiger partial charge in [0.15, 0.2) is 5.96 Å². The number of nitrogens with zero attached hydrogens (tertiary/aromatic N) is 1. The van der Waals surface area contributed by atoms with Crippen LogP contribution in [0.2, 0.25) is 0 Å². The highest BCUT2D eigenvalue weighted by atomic mass is 16.4. The molecule has 0 rings (SSSR count). The number of carboxylic acids is 1. The van der Waals surface area contributed by atoms with E-state index in [2.05, 4.69) is 20.9 Å². The van der Waals surface area contributed by atoms with E-state index in [0.29, 0.717) is 6.42 Å². The Bertz CT molecular complexity index is 757. The first-order chi connectivity index (χ1) is 15.8. The maximum Gasteiger partial charge on any atom is 0.326 e. The van der Waals surface area contributed by atoms with Crippen molar-refractivity contribution in [3.05, 3.63) is 0 Å². The third-order valence-corrected chi connectivity index (χ3v) is 4.97. The number of hydrogen-bond acceptors (Lipinski definition) is 8. The number of aliphatic hydroxyl groups excluding tert-OH is 1. The third-order valence-electron chi connectivity index (χ3n) is 4.97. The molecule has 0 aromatic heterocycles. The van der Waals surface area contributed by atoms with E-state index >= 15 is 0 Å². The topological polar surface area (TPSA) is 278 Å². The smallest absolute Gasteiger partial charge is 0.326 e. The van der Waals surface area contributed by atoms with Crippen molar-refractivity contribution in [1.29, 1.82) is 0 Å². The van der Waals surface area contributed by atoms with E-state index in [9.17, 15) is 34.2 Å². The molecular formula is C19H36N8O7. The molecule has 0 saturated heterocycles. The Balaban J connectivity index is 5.29. The molecule has 5 atom stereocenters. The number of carbonyl (C=O) groups is 5. The number of aliphatic hydroxyl groups is 1. The molecule has 0 aliphatic carbocycles. The average molecular weight is 489 g/mol. The number of primary amides is 1. The molecule has 0 radical (unpaired) electrons. The Morgan fingerprint density at radius 2 is 1.44 bits per heavy atom. The van der Waals surface area contributed by atoms with Gasteiger partial charge >= 0.3 is 5.97 Å². The summed E-state index contributed by atoms with van der Waals surface area (Å²) in [6.45, 7) is 2.87. The fraction of sp³-hybridized carbons (Fsp3) is 0.684. The lowest BCUT2D eigenvalue weighted by molar-refractivity contribution is -0.142. The molecule has 0 fully saturated rings. The van der Waals surface area contributed by atoms with Gasteiger partial charge in [0.2, 0.25) is 23.6 Å². The molecule has 13 N–H and O–H groups in total. The lowest BCUT2D eigenvalue weighted by Crippen LogP contribution is -2.59. The quantitative estimate of drug-likeness (QED) is 0.0573. The van der Waals surface area contributed by atoms with Crippen LogP contribution in [0.3, 0.4) is 0 Å². The first-order valence-electron chi connectivity index (χ1n) is 10.7. The Kier molecular flexibility index (Phi) is 13.8. The Hall–Kier alpha value is -3.46. The van der Waals surface area contributed by atoms with Crippen LogP contribution >= 0.6 is 0 Å². The van der Waals surface area contributed by atoms with Gasteiger partial charge in [-0.05, 0) is 18.8 Å². The Labute approximate surface area is 197 Å². The van der Waals surface area contributed by atoms with Crippen molar-refractivity contribution in [3.63, 3.8) is 0 Å². The number of hydrogen-bond donors (Lipinski definition) is 9. The summed E-state index contributed by atoms with van der Waals surface area (Å²) < 4.78 is 0. The van der Waals surface area contributed by atoms with Gasteiger partial charge < -0.3 is 49.1 Å². The summed E-state index contributed by atoms with van der Waals surface area (Å²) in [6.07, 6.45) is 0.119. The number of amides is 4. The average Bonchev–Trinajstić information content (AvgIpc) is 2.76. The van der Waals surface area contributed by atoms with E-state index in [1.54, 1.807) is 6.92 Å². The predicted octanol–water partition coefficient (Wildman–Crippen LogP) is -4.18. The van der Waals surface area contributed by atoms with Gasteiger partial charge in [0.05, 0.1) is 19.1 Å². The molecule has 15 nitrogen and oxygen atoms in total. The van der Waals surface area contributed by atoms with Gasteiger partial charge in [-0.1, -0.05) is 20.3 Å². The van der Waals surface area contributed by atoms with Crippen molar-refractivity contribution in [2.24, 2.45) is 33.8 Å². The van der Waals surface area contributed by atoms with Crippen molar-refractivity contribution in [3.8, 4) is 0 Å². The van der Waals surface area contributed by atoms with Crippen LogP contribution < -0.4 is 38.9 Å². The predicted molar refractivity (Wildman–Crippen MR) is 122 cm³/mol. The second kappa shape index (κ2) is 15.4. The molecule has 0 bridgehead atoms. The maximum absolute atomic E-state index is 12.6.